The summed E-state index contributed by atoms with van der Waals surface area (Å²) in [6.07, 6.45) is 2.01. The van der Waals surface area contributed by atoms with Crippen LogP contribution in [0.4, 0.5) is 0 Å². The first kappa shape index (κ1) is 18.8. The number of ether oxygens (including phenoxy) is 1. The Balaban J connectivity index is 2.28. The highest BCUT2D eigenvalue weighted by atomic mass is 32.2. The quantitative estimate of drug-likeness (QED) is 0.791. The van der Waals surface area contributed by atoms with Gasteiger partial charge in [-0.05, 0) is 67.5 Å². The lowest BCUT2D eigenvalue weighted by Crippen LogP contribution is -2.25. The first-order valence-electron chi connectivity index (χ1n) is 7.57. The van der Waals surface area contributed by atoms with E-state index in [1.54, 1.807) is 31.9 Å². The molecule has 0 aromatic heterocycles. The highest BCUT2D eigenvalue weighted by Crippen LogP contribution is 2.30. The van der Waals surface area contributed by atoms with Crippen LogP contribution in [-0.4, -0.2) is 21.8 Å². The molecule has 0 fully saturated rings. The van der Waals surface area contributed by atoms with E-state index in [0.717, 1.165) is 21.6 Å². The normalized spacial score (nSPS) is 11.5. The van der Waals surface area contributed by atoms with Crippen molar-refractivity contribution in [1.29, 1.82) is 0 Å². The third-order valence-electron chi connectivity index (χ3n) is 4.09. The van der Waals surface area contributed by atoms with E-state index in [0.29, 0.717) is 16.2 Å². The minimum Gasteiger partial charge on any atom is -0.496 e. The molecule has 2 aromatic rings. The van der Waals surface area contributed by atoms with Crippen LogP contribution in [0.1, 0.15) is 22.3 Å². The topological polar surface area (TPSA) is 55.4 Å². The van der Waals surface area contributed by atoms with E-state index in [1.165, 1.54) is 0 Å². The van der Waals surface area contributed by atoms with Gasteiger partial charge in [0.15, 0.2) is 0 Å². The Kier molecular flexibility index (Phi) is 5.96. The Labute approximate surface area is 148 Å². The van der Waals surface area contributed by atoms with Gasteiger partial charge in [-0.2, -0.15) is 0 Å². The summed E-state index contributed by atoms with van der Waals surface area (Å²) in [5.41, 5.74) is 3.17. The van der Waals surface area contributed by atoms with Crippen molar-refractivity contribution in [3.63, 3.8) is 0 Å². The van der Waals surface area contributed by atoms with Gasteiger partial charge in [0.05, 0.1) is 12.0 Å². The van der Waals surface area contributed by atoms with Crippen LogP contribution < -0.4 is 9.46 Å². The zero-order valence-corrected chi connectivity index (χ0v) is 16.3. The number of benzene rings is 2. The Morgan fingerprint density at radius 1 is 1.08 bits per heavy atom. The minimum absolute atomic E-state index is 0.265. The van der Waals surface area contributed by atoms with Gasteiger partial charge in [0.2, 0.25) is 10.0 Å². The summed E-state index contributed by atoms with van der Waals surface area (Å²) >= 11 is 1.66. The lowest BCUT2D eigenvalue weighted by molar-refractivity contribution is 0.410. The predicted octanol–water partition coefficient (Wildman–Crippen LogP) is 3.82. The van der Waals surface area contributed by atoms with Gasteiger partial charge in [0, 0.05) is 11.4 Å². The molecule has 24 heavy (non-hydrogen) atoms. The first-order chi connectivity index (χ1) is 11.3. The highest BCUT2D eigenvalue weighted by molar-refractivity contribution is 7.98. The molecule has 130 valence electrons. The molecule has 0 bridgehead atoms. The molecule has 0 amide bonds. The fourth-order valence-electron chi connectivity index (χ4n) is 2.64. The first-order valence-corrected chi connectivity index (χ1v) is 10.3. The molecule has 0 atom stereocenters. The number of hydrogen-bond acceptors (Lipinski definition) is 4. The second-order valence-electron chi connectivity index (χ2n) is 5.65. The van der Waals surface area contributed by atoms with Crippen molar-refractivity contribution in [1.82, 2.24) is 4.72 Å². The molecule has 0 saturated carbocycles. The summed E-state index contributed by atoms with van der Waals surface area (Å²) in [7, 11) is -2.00. The van der Waals surface area contributed by atoms with Crippen molar-refractivity contribution in [3.05, 3.63) is 52.6 Å². The van der Waals surface area contributed by atoms with E-state index >= 15 is 0 Å². The van der Waals surface area contributed by atoms with Gasteiger partial charge < -0.3 is 4.74 Å². The Bertz CT molecular complexity index is 828. The van der Waals surface area contributed by atoms with Crippen LogP contribution in [0, 0.1) is 20.8 Å². The summed E-state index contributed by atoms with van der Waals surface area (Å²) in [6.45, 7) is 5.73. The number of rotatable bonds is 6. The predicted molar refractivity (Wildman–Crippen MR) is 99.5 cm³/mol. The van der Waals surface area contributed by atoms with Crippen molar-refractivity contribution >= 4 is 21.8 Å². The fourth-order valence-corrected chi connectivity index (χ4v) is 4.59. The molecule has 6 heteroatoms. The van der Waals surface area contributed by atoms with Crippen LogP contribution >= 0.6 is 11.8 Å². The third kappa shape index (κ3) is 3.94. The Hall–Kier alpha value is -1.50. The van der Waals surface area contributed by atoms with Crippen LogP contribution in [0.25, 0.3) is 0 Å². The van der Waals surface area contributed by atoms with Crippen LogP contribution in [0.5, 0.6) is 5.75 Å². The third-order valence-corrected chi connectivity index (χ3v) is 6.53. The second kappa shape index (κ2) is 7.59. The monoisotopic (exact) mass is 365 g/mol. The van der Waals surface area contributed by atoms with E-state index in [9.17, 15) is 8.42 Å². The van der Waals surface area contributed by atoms with Crippen LogP contribution in [0.3, 0.4) is 0 Å². The van der Waals surface area contributed by atoms with Gasteiger partial charge in [0.1, 0.15) is 5.75 Å². The van der Waals surface area contributed by atoms with Crippen molar-refractivity contribution in [3.8, 4) is 5.75 Å². The molecule has 0 saturated heterocycles. The van der Waals surface area contributed by atoms with E-state index in [-0.39, 0.29) is 6.54 Å². The zero-order valence-electron chi connectivity index (χ0n) is 14.6. The molecule has 2 aromatic carbocycles. The molecule has 4 nitrogen and oxygen atoms in total. The molecule has 0 aliphatic heterocycles. The number of methoxy groups -OCH3 is 1. The van der Waals surface area contributed by atoms with Crippen molar-refractivity contribution < 1.29 is 13.2 Å². The second-order valence-corrected chi connectivity index (χ2v) is 8.23. The minimum atomic E-state index is -3.59. The summed E-state index contributed by atoms with van der Waals surface area (Å²) in [6, 6.07) is 9.62. The molecule has 1 N–H and O–H groups in total. The standard InChI is InChI=1S/C18H23NO3S2/c1-12-10-17(22-4)13(2)14(3)18(12)24(20,21)19-11-15-6-8-16(23-5)9-7-15/h6-10,19H,11H2,1-5H3. The summed E-state index contributed by atoms with van der Waals surface area (Å²) in [5, 5.41) is 0. The maximum Gasteiger partial charge on any atom is 0.241 e. The molecule has 0 heterocycles. The van der Waals surface area contributed by atoms with E-state index in [1.807, 2.05) is 44.4 Å². The molecule has 0 aliphatic carbocycles. The van der Waals surface area contributed by atoms with Crippen LogP contribution in [-0.2, 0) is 16.6 Å². The number of hydrogen-bond donors (Lipinski definition) is 1. The van der Waals surface area contributed by atoms with E-state index in [2.05, 4.69) is 4.72 Å². The number of sulfonamides is 1. The summed E-state index contributed by atoms with van der Waals surface area (Å²) in [4.78, 5) is 1.49. The molecule has 0 spiro atoms. The number of thioether (sulfide) groups is 1. The smallest absolute Gasteiger partial charge is 0.241 e. The number of nitrogens with one attached hydrogen (secondary N) is 1. The van der Waals surface area contributed by atoms with Gasteiger partial charge in [-0.15, -0.1) is 11.8 Å². The lowest BCUT2D eigenvalue weighted by atomic mass is 10.1. The highest BCUT2D eigenvalue weighted by Gasteiger charge is 2.22. The van der Waals surface area contributed by atoms with Crippen molar-refractivity contribution in [2.75, 3.05) is 13.4 Å². The Morgan fingerprint density at radius 3 is 2.25 bits per heavy atom. The Morgan fingerprint density at radius 2 is 1.71 bits per heavy atom. The van der Waals surface area contributed by atoms with Crippen LogP contribution in [0.2, 0.25) is 0 Å². The van der Waals surface area contributed by atoms with Gasteiger partial charge in [0.25, 0.3) is 0 Å². The van der Waals surface area contributed by atoms with Crippen LogP contribution in [0.15, 0.2) is 40.1 Å². The van der Waals surface area contributed by atoms with Gasteiger partial charge >= 0.3 is 0 Å². The van der Waals surface area contributed by atoms with Gasteiger partial charge in [-0.25, -0.2) is 13.1 Å². The zero-order chi connectivity index (χ0) is 17.9. The fraction of sp³-hybridized carbons (Fsp3) is 0.333. The average molecular weight is 366 g/mol. The molecular weight excluding hydrogens is 342 g/mol. The van der Waals surface area contributed by atoms with Crippen molar-refractivity contribution in [2.24, 2.45) is 0 Å². The summed E-state index contributed by atoms with van der Waals surface area (Å²) in [5.74, 6) is 0.705. The average Bonchev–Trinajstić information content (AvgIpc) is 2.56. The molecule has 0 aliphatic rings. The molecule has 2 rings (SSSR count). The van der Waals surface area contributed by atoms with E-state index in [4.69, 9.17) is 4.74 Å². The molecule has 0 radical (unpaired) electrons. The number of aryl methyl sites for hydroxylation is 1. The lowest BCUT2D eigenvalue weighted by Gasteiger charge is -2.16. The maximum absolute atomic E-state index is 12.8. The largest absolute Gasteiger partial charge is 0.496 e. The van der Waals surface area contributed by atoms with Gasteiger partial charge in [-0.1, -0.05) is 12.1 Å². The maximum atomic E-state index is 12.8. The van der Waals surface area contributed by atoms with Gasteiger partial charge in [-0.3, -0.25) is 0 Å². The molecule has 0 unspecified atom stereocenters. The summed E-state index contributed by atoms with van der Waals surface area (Å²) < 4.78 is 33.5. The molecular formula is C18H23NO3S2. The van der Waals surface area contributed by atoms with Crippen molar-refractivity contribution in [2.45, 2.75) is 37.1 Å². The van der Waals surface area contributed by atoms with E-state index < -0.39 is 10.0 Å². The SMILES string of the molecule is COc1cc(C)c(S(=O)(=O)NCc2ccc(SC)cc2)c(C)c1C.